The fraction of sp³-hybridized carbons (Fsp3) is 0.545. The highest BCUT2D eigenvalue weighted by atomic mass is 16.6. The molecule has 5 heteroatoms. The van der Waals surface area contributed by atoms with Crippen molar-refractivity contribution in [3.8, 4) is 0 Å². The normalized spacial score (nSPS) is 11.2. The van der Waals surface area contributed by atoms with Crippen molar-refractivity contribution in [2.45, 2.75) is 39.7 Å². The lowest BCUT2D eigenvalue weighted by Crippen LogP contribution is -2.25. The summed E-state index contributed by atoms with van der Waals surface area (Å²) >= 11 is 0. The number of H-pyrrole nitrogens is 1. The zero-order valence-electron chi connectivity index (χ0n) is 9.96. The third kappa shape index (κ3) is 3.84. The van der Waals surface area contributed by atoms with Crippen LogP contribution in [0.25, 0.3) is 0 Å². The van der Waals surface area contributed by atoms with Crippen molar-refractivity contribution < 1.29 is 9.53 Å². The molecule has 1 N–H and O–H groups in total. The zero-order valence-corrected chi connectivity index (χ0v) is 9.96. The summed E-state index contributed by atoms with van der Waals surface area (Å²) in [6.45, 7) is 7.00. The Balaban J connectivity index is 2.71. The Morgan fingerprint density at radius 1 is 1.50 bits per heavy atom. The van der Waals surface area contributed by atoms with E-state index < -0.39 is 5.60 Å². The summed E-state index contributed by atoms with van der Waals surface area (Å²) in [7, 11) is 0. The average Bonchev–Trinajstić information content (AvgIpc) is 2.08. The van der Waals surface area contributed by atoms with Gasteiger partial charge in [0.2, 0.25) is 0 Å². The second-order valence-corrected chi connectivity index (χ2v) is 4.57. The van der Waals surface area contributed by atoms with Gasteiger partial charge in [-0.25, -0.2) is 0 Å². The van der Waals surface area contributed by atoms with Crippen LogP contribution in [0.2, 0.25) is 0 Å². The van der Waals surface area contributed by atoms with Crippen molar-refractivity contribution in [2.24, 2.45) is 0 Å². The lowest BCUT2D eigenvalue weighted by molar-refractivity contribution is -0.154. The number of rotatable bonds is 2. The molecule has 88 valence electrons. The third-order valence-corrected chi connectivity index (χ3v) is 1.76. The van der Waals surface area contributed by atoms with E-state index in [2.05, 4.69) is 9.97 Å². The number of nitrogens with one attached hydrogen (secondary N) is 1. The molecule has 0 fully saturated rings. The molecule has 16 heavy (non-hydrogen) atoms. The van der Waals surface area contributed by atoms with Gasteiger partial charge in [-0.2, -0.15) is 0 Å². The molecule has 0 aromatic carbocycles. The summed E-state index contributed by atoms with van der Waals surface area (Å²) in [6, 6.07) is 0. The number of aromatic amines is 1. The molecule has 1 rings (SSSR count). The molecule has 0 aliphatic rings. The predicted octanol–water partition coefficient (Wildman–Crippen LogP) is 0.963. The number of esters is 1. The molecule has 0 aliphatic heterocycles. The maximum Gasteiger partial charge on any atom is 0.312 e. The Labute approximate surface area is 93.9 Å². The minimum Gasteiger partial charge on any atom is -0.460 e. The summed E-state index contributed by atoms with van der Waals surface area (Å²) in [6.07, 6.45) is 1.49. The Bertz CT molecular complexity index is 443. The number of hydrogen-bond acceptors (Lipinski definition) is 4. The first-order valence-electron chi connectivity index (χ1n) is 5.05. The number of carbonyl (C=O) groups excluding carboxylic acids is 1. The number of hydrogen-bond donors (Lipinski definition) is 1. The summed E-state index contributed by atoms with van der Waals surface area (Å²) in [5.41, 5.74) is 0.106. The third-order valence-electron chi connectivity index (χ3n) is 1.76. The fourth-order valence-corrected chi connectivity index (χ4v) is 1.17. The molecular weight excluding hydrogens is 208 g/mol. The van der Waals surface area contributed by atoms with Crippen LogP contribution in [-0.2, 0) is 16.0 Å². The van der Waals surface area contributed by atoms with Gasteiger partial charge in [-0.1, -0.05) is 0 Å². The SMILES string of the molecule is Cc1nc(CC(=O)OC(C)(C)C)c[nH]c1=O. The summed E-state index contributed by atoms with van der Waals surface area (Å²) in [4.78, 5) is 29.0. The molecule has 0 saturated heterocycles. The predicted molar refractivity (Wildman–Crippen MR) is 59.1 cm³/mol. The summed E-state index contributed by atoms with van der Waals surface area (Å²) in [5, 5.41) is 0. The molecule has 0 spiro atoms. The van der Waals surface area contributed by atoms with Gasteiger partial charge < -0.3 is 9.72 Å². The smallest absolute Gasteiger partial charge is 0.312 e. The van der Waals surface area contributed by atoms with E-state index in [9.17, 15) is 9.59 Å². The van der Waals surface area contributed by atoms with Crippen molar-refractivity contribution in [1.29, 1.82) is 0 Å². The van der Waals surface area contributed by atoms with E-state index in [0.29, 0.717) is 11.4 Å². The van der Waals surface area contributed by atoms with Gasteiger partial charge in [-0.3, -0.25) is 14.6 Å². The molecule has 1 aromatic heterocycles. The highest BCUT2D eigenvalue weighted by Crippen LogP contribution is 2.08. The van der Waals surface area contributed by atoms with Crippen LogP contribution < -0.4 is 5.56 Å². The summed E-state index contributed by atoms with van der Waals surface area (Å²) < 4.78 is 5.14. The molecule has 5 nitrogen and oxygen atoms in total. The molecule has 0 aliphatic carbocycles. The van der Waals surface area contributed by atoms with Crippen molar-refractivity contribution in [2.75, 3.05) is 0 Å². The lowest BCUT2D eigenvalue weighted by Gasteiger charge is -2.19. The first-order chi connectivity index (χ1) is 7.28. The van der Waals surface area contributed by atoms with E-state index in [0.717, 1.165) is 0 Å². The molecule has 1 heterocycles. The van der Waals surface area contributed by atoms with Gasteiger partial charge in [0.1, 0.15) is 11.3 Å². The lowest BCUT2D eigenvalue weighted by atomic mass is 10.2. The maximum atomic E-state index is 11.5. The monoisotopic (exact) mass is 224 g/mol. The second-order valence-electron chi connectivity index (χ2n) is 4.57. The Morgan fingerprint density at radius 2 is 2.12 bits per heavy atom. The van der Waals surface area contributed by atoms with E-state index in [1.54, 1.807) is 27.7 Å². The number of aryl methyl sites for hydroxylation is 1. The second kappa shape index (κ2) is 4.47. The van der Waals surface area contributed by atoms with Crippen LogP contribution in [0.3, 0.4) is 0 Å². The van der Waals surface area contributed by atoms with Crippen LogP contribution in [0, 0.1) is 6.92 Å². The van der Waals surface area contributed by atoms with E-state index >= 15 is 0 Å². The van der Waals surface area contributed by atoms with E-state index in [-0.39, 0.29) is 17.9 Å². The topological polar surface area (TPSA) is 72.0 Å². The van der Waals surface area contributed by atoms with Crippen LogP contribution in [0.1, 0.15) is 32.2 Å². The molecule has 1 aromatic rings. The Hall–Kier alpha value is -1.65. The van der Waals surface area contributed by atoms with E-state index in [1.165, 1.54) is 6.20 Å². The molecule has 0 saturated carbocycles. The van der Waals surface area contributed by atoms with Crippen molar-refractivity contribution in [3.63, 3.8) is 0 Å². The standard InChI is InChI=1S/C11H16N2O3/c1-7-10(15)12-6-8(13-7)5-9(14)16-11(2,3)4/h6H,5H2,1-4H3,(H,12,15). The van der Waals surface area contributed by atoms with Gasteiger partial charge in [0, 0.05) is 6.20 Å². The quantitative estimate of drug-likeness (QED) is 0.759. The highest BCUT2D eigenvalue weighted by Gasteiger charge is 2.17. The number of carbonyl (C=O) groups is 1. The molecule has 0 atom stereocenters. The largest absolute Gasteiger partial charge is 0.460 e. The molecule has 0 amide bonds. The van der Waals surface area contributed by atoms with Crippen molar-refractivity contribution >= 4 is 5.97 Å². The van der Waals surface area contributed by atoms with E-state index in [1.807, 2.05) is 0 Å². The van der Waals surface area contributed by atoms with Gasteiger partial charge in [-0.05, 0) is 27.7 Å². The van der Waals surface area contributed by atoms with Crippen LogP contribution >= 0.6 is 0 Å². The number of aromatic nitrogens is 2. The van der Waals surface area contributed by atoms with Gasteiger partial charge in [0.15, 0.2) is 0 Å². The van der Waals surface area contributed by atoms with Crippen molar-refractivity contribution in [1.82, 2.24) is 9.97 Å². The fourth-order valence-electron chi connectivity index (χ4n) is 1.17. The Morgan fingerprint density at radius 3 is 2.62 bits per heavy atom. The van der Waals surface area contributed by atoms with Gasteiger partial charge in [-0.15, -0.1) is 0 Å². The molecule has 0 unspecified atom stereocenters. The Kier molecular flexibility index (Phi) is 3.47. The van der Waals surface area contributed by atoms with Gasteiger partial charge in [0.25, 0.3) is 5.56 Å². The van der Waals surface area contributed by atoms with Crippen LogP contribution in [0.5, 0.6) is 0 Å². The van der Waals surface area contributed by atoms with Gasteiger partial charge in [0.05, 0.1) is 12.1 Å². The first kappa shape index (κ1) is 12.4. The number of nitrogens with zero attached hydrogens (tertiary/aromatic N) is 1. The highest BCUT2D eigenvalue weighted by molar-refractivity contribution is 5.72. The molecular formula is C11H16N2O3. The van der Waals surface area contributed by atoms with Crippen LogP contribution in [0.4, 0.5) is 0 Å². The first-order valence-corrected chi connectivity index (χ1v) is 5.05. The zero-order chi connectivity index (χ0) is 12.3. The van der Waals surface area contributed by atoms with Gasteiger partial charge >= 0.3 is 5.97 Å². The summed E-state index contributed by atoms with van der Waals surface area (Å²) in [5.74, 6) is -0.355. The molecule has 0 bridgehead atoms. The maximum absolute atomic E-state index is 11.5. The van der Waals surface area contributed by atoms with Crippen LogP contribution in [-0.4, -0.2) is 21.5 Å². The minimum absolute atomic E-state index is 0.0644. The minimum atomic E-state index is -0.506. The molecule has 0 radical (unpaired) electrons. The average molecular weight is 224 g/mol. The van der Waals surface area contributed by atoms with E-state index in [4.69, 9.17) is 4.74 Å². The van der Waals surface area contributed by atoms with Crippen LogP contribution in [0.15, 0.2) is 11.0 Å². The van der Waals surface area contributed by atoms with Crippen molar-refractivity contribution in [3.05, 3.63) is 27.9 Å². The number of ether oxygens (including phenoxy) is 1.